The van der Waals surface area contributed by atoms with E-state index in [0.29, 0.717) is 10.6 Å². The van der Waals surface area contributed by atoms with Crippen molar-refractivity contribution in [1.82, 2.24) is 4.57 Å². The molecular weight excluding hydrogens is 296 g/mol. The molecule has 3 rings (SSSR count). The number of rotatable bonds is 3. The van der Waals surface area contributed by atoms with Crippen molar-refractivity contribution in [1.29, 1.82) is 0 Å². The summed E-state index contributed by atoms with van der Waals surface area (Å²) in [5, 5.41) is 0. The van der Waals surface area contributed by atoms with Gasteiger partial charge in [-0.25, -0.2) is 0 Å². The van der Waals surface area contributed by atoms with E-state index >= 15 is 0 Å². The number of aryl methyl sites for hydroxylation is 2. The number of thiazole rings is 1. The maximum Gasteiger partial charge on any atom is 0.286 e. The molecule has 112 valence electrons. The van der Waals surface area contributed by atoms with Crippen molar-refractivity contribution in [3.05, 3.63) is 58.9 Å². The quantitative estimate of drug-likeness (QED) is 0.746. The third-order valence-electron chi connectivity index (χ3n) is 3.29. The minimum Gasteiger partial charge on any atom is -0.484 e. The molecule has 2 aromatic carbocycles. The van der Waals surface area contributed by atoms with Gasteiger partial charge in [-0.2, -0.15) is 4.99 Å². The van der Waals surface area contributed by atoms with Crippen LogP contribution in [0.25, 0.3) is 10.2 Å². The fourth-order valence-corrected chi connectivity index (χ4v) is 3.28. The Morgan fingerprint density at radius 1 is 1.23 bits per heavy atom. The second-order valence-electron chi connectivity index (χ2n) is 5.02. The Labute approximate surface area is 132 Å². The first-order valence-electron chi connectivity index (χ1n) is 6.95. The van der Waals surface area contributed by atoms with Crippen molar-refractivity contribution >= 4 is 27.5 Å². The lowest BCUT2D eigenvalue weighted by atomic mass is 10.2. The third kappa shape index (κ3) is 3.09. The van der Waals surface area contributed by atoms with Crippen molar-refractivity contribution in [3.63, 3.8) is 0 Å². The lowest BCUT2D eigenvalue weighted by Crippen LogP contribution is -2.17. The molecule has 0 N–H and O–H groups in total. The number of para-hydroxylation sites is 1. The molecule has 1 amide bonds. The molecule has 0 saturated heterocycles. The lowest BCUT2D eigenvalue weighted by molar-refractivity contribution is -0.120. The van der Waals surface area contributed by atoms with Gasteiger partial charge < -0.3 is 9.30 Å². The van der Waals surface area contributed by atoms with E-state index in [9.17, 15) is 4.79 Å². The lowest BCUT2D eigenvalue weighted by Gasteiger charge is -2.01. The van der Waals surface area contributed by atoms with E-state index in [0.717, 1.165) is 10.2 Å². The SMILES string of the molecule is Cc1ccc2c(c1)sc(=NC(=O)COc1ccccc1)n2C. The Balaban J connectivity index is 1.82. The van der Waals surface area contributed by atoms with Crippen molar-refractivity contribution < 1.29 is 9.53 Å². The zero-order chi connectivity index (χ0) is 15.5. The topological polar surface area (TPSA) is 43.6 Å². The number of nitrogens with zero attached hydrogens (tertiary/aromatic N) is 2. The molecule has 0 radical (unpaired) electrons. The molecule has 0 fully saturated rings. The van der Waals surface area contributed by atoms with Crippen molar-refractivity contribution in [2.24, 2.45) is 12.0 Å². The van der Waals surface area contributed by atoms with E-state index in [-0.39, 0.29) is 12.5 Å². The first kappa shape index (κ1) is 14.5. The van der Waals surface area contributed by atoms with Crippen molar-refractivity contribution in [3.8, 4) is 5.75 Å². The highest BCUT2D eigenvalue weighted by Crippen LogP contribution is 2.17. The van der Waals surface area contributed by atoms with E-state index in [1.165, 1.54) is 16.9 Å². The summed E-state index contributed by atoms with van der Waals surface area (Å²) in [6, 6.07) is 15.5. The number of hydrogen-bond acceptors (Lipinski definition) is 3. The summed E-state index contributed by atoms with van der Waals surface area (Å²) in [6.45, 7) is 1.99. The first-order chi connectivity index (χ1) is 10.6. The van der Waals surface area contributed by atoms with E-state index < -0.39 is 0 Å². The minimum atomic E-state index is -0.289. The predicted octanol–water partition coefficient (Wildman–Crippen LogP) is 3.05. The van der Waals surface area contributed by atoms with Crippen LogP contribution in [-0.4, -0.2) is 17.1 Å². The van der Waals surface area contributed by atoms with Crippen LogP contribution >= 0.6 is 11.3 Å². The van der Waals surface area contributed by atoms with Crippen molar-refractivity contribution in [2.45, 2.75) is 6.92 Å². The Morgan fingerprint density at radius 3 is 2.77 bits per heavy atom. The van der Waals surface area contributed by atoms with Gasteiger partial charge >= 0.3 is 0 Å². The number of carbonyl (C=O) groups is 1. The van der Waals surface area contributed by atoms with Crippen LogP contribution in [0.2, 0.25) is 0 Å². The summed E-state index contributed by atoms with van der Waals surface area (Å²) in [7, 11) is 1.92. The minimum absolute atomic E-state index is 0.0582. The third-order valence-corrected chi connectivity index (χ3v) is 4.39. The summed E-state index contributed by atoms with van der Waals surface area (Å²) >= 11 is 1.51. The summed E-state index contributed by atoms with van der Waals surface area (Å²) in [4.78, 5) is 16.8. The highest BCUT2D eigenvalue weighted by atomic mass is 32.1. The van der Waals surface area contributed by atoms with E-state index in [2.05, 4.69) is 24.0 Å². The summed E-state index contributed by atoms with van der Waals surface area (Å²) < 4.78 is 8.48. The first-order valence-corrected chi connectivity index (χ1v) is 7.77. The van der Waals surface area contributed by atoms with Gasteiger partial charge in [-0.15, -0.1) is 0 Å². The number of fused-ring (bicyclic) bond motifs is 1. The van der Waals surface area contributed by atoms with Crippen LogP contribution in [0.5, 0.6) is 5.75 Å². The number of hydrogen-bond donors (Lipinski definition) is 0. The maximum atomic E-state index is 12.0. The molecule has 5 heteroatoms. The van der Waals surface area contributed by atoms with Crippen LogP contribution in [0.1, 0.15) is 5.56 Å². The fraction of sp³-hybridized carbons (Fsp3) is 0.176. The molecule has 3 aromatic rings. The van der Waals surface area contributed by atoms with Crippen LogP contribution in [0.15, 0.2) is 53.5 Å². The Hall–Kier alpha value is -2.40. The normalized spacial score (nSPS) is 11.8. The summed E-state index contributed by atoms with van der Waals surface area (Å²) in [6.07, 6.45) is 0. The van der Waals surface area contributed by atoms with E-state index in [1.54, 1.807) is 0 Å². The molecular formula is C17H16N2O2S. The zero-order valence-electron chi connectivity index (χ0n) is 12.4. The van der Waals surface area contributed by atoms with Crippen molar-refractivity contribution in [2.75, 3.05) is 6.61 Å². The monoisotopic (exact) mass is 312 g/mol. The van der Waals surface area contributed by atoms with Gasteiger partial charge in [-0.05, 0) is 36.8 Å². The highest BCUT2D eigenvalue weighted by Gasteiger charge is 2.06. The van der Waals surface area contributed by atoms with E-state index in [4.69, 9.17) is 4.74 Å². The molecule has 0 saturated carbocycles. The molecule has 1 heterocycles. The van der Waals surface area contributed by atoms with Crippen LogP contribution in [-0.2, 0) is 11.8 Å². The summed E-state index contributed by atoms with van der Waals surface area (Å²) in [5.74, 6) is 0.380. The number of aromatic nitrogens is 1. The smallest absolute Gasteiger partial charge is 0.286 e. The van der Waals surface area contributed by atoms with E-state index in [1.807, 2.05) is 48.0 Å². The largest absolute Gasteiger partial charge is 0.484 e. The van der Waals surface area contributed by atoms with Gasteiger partial charge in [-0.1, -0.05) is 35.6 Å². The summed E-state index contributed by atoms with van der Waals surface area (Å²) in [5.41, 5.74) is 2.27. The average Bonchev–Trinajstić information content (AvgIpc) is 2.82. The molecule has 22 heavy (non-hydrogen) atoms. The highest BCUT2D eigenvalue weighted by molar-refractivity contribution is 7.16. The average molecular weight is 312 g/mol. The second-order valence-corrected chi connectivity index (χ2v) is 6.03. The standard InChI is InChI=1S/C17H16N2O2S/c1-12-8-9-14-15(10-12)22-17(19(14)2)18-16(20)11-21-13-6-4-3-5-7-13/h3-10H,11H2,1-2H3. The molecule has 0 atom stereocenters. The molecule has 0 bridgehead atoms. The zero-order valence-corrected chi connectivity index (χ0v) is 13.3. The molecule has 0 spiro atoms. The maximum absolute atomic E-state index is 12.0. The van der Waals surface area contributed by atoms with Gasteiger partial charge in [0.25, 0.3) is 5.91 Å². The van der Waals surface area contributed by atoms with Crippen LogP contribution in [0.3, 0.4) is 0 Å². The second kappa shape index (κ2) is 6.15. The van der Waals surface area contributed by atoms with Gasteiger partial charge in [0.2, 0.25) is 0 Å². The Morgan fingerprint density at radius 2 is 2.00 bits per heavy atom. The Bertz CT molecular complexity index is 879. The van der Waals surface area contributed by atoms with Crippen LogP contribution in [0.4, 0.5) is 0 Å². The fourth-order valence-electron chi connectivity index (χ4n) is 2.15. The molecule has 0 aliphatic rings. The van der Waals surface area contributed by atoms with Crippen LogP contribution < -0.4 is 9.54 Å². The van der Waals surface area contributed by atoms with Gasteiger partial charge in [0.1, 0.15) is 5.75 Å². The number of benzene rings is 2. The Kier molecular flexibility index (Phi) is 4.06. The molecule has 4 nitrogen and oxygen atoms in total. The van der Waals surface area contributed by atoms with Gasteiger partial charge in [0.05, 0.1) is 10.2 Å². The number of ether oxygens (including phenoxy) is 1. The predicted molar refractivity (Wildman–Crippen MR) is 88.0 cm³/mol. The number of amides is 1. The number of carbonyl (C=O) groups excluding carboxylic acids is 1. The van der Waals surface area contributed by atoms with Gasteiger partial charge in [0.15, 0.2) is 11.4 Å². The molecule has 0 aliphatic heterocycles. The van der Waals surface area contributed by atoms with Gasteiger partial charge in [-0.3, -0.25) is 4.79 Å². The van der Waals surface area contributed by atoms with Crippen LogP contribution in [0, 0.1) is 6.92 Å². The van der Waals surface area contributed by atoms with Gasteiger partial charge in [0, 0.05) is 7.05 Å². The molecule has 0 unspecified atom stereocenters. The molecule has 0 aliphatic carbocycles. The molecule has 1 aromatic heterocycles.